The van der Waals surface area contributed by atoms with E-state index < -0.39 is 0 Å². The lowest BCUT2D eigenvalue weighted by molar-refractivity contribution is -0.131. The predicted octanol–water partition coefficient (Wildman–Crippen LogP) is 3.95. The zero-order valence-electron chi connectivity index (χ0n) is 12.7. The van der Waals surface area contributed by atoms with Gasteiger partial charge in [-0.25, -0.2) is 0 Å². The number of amides is 1. The van der Waals surface area contributed by atoms with Crippen molar-refractivity contribution in [3.05, 3.63) is 40.0 Å². The van der Waals surface area contributed by atoms with Gasteiger partial charge < -0.3 is 9.64 Å². The van der Waals surface area contributed by atoms with E-state index in [-0.39, 0.29) is 12.5 Å². The van der Waals surface area contributed by atoms with Gasteiger partial charge in [-0.1, -0.05) is 22.0 Å². The minimum Gasteiger partial charge on any atom is -0.483 e. The highest BCUT2D eigenvalue weighted by Gasteiger charge is 2.18. The topological polar surface area (TPSA) is 46.6 Å². The molecular formula is C17H20BrNO3. The van der Waals surface area contributed by atoms with E-state index in [1.165, 1.54) is 6.42 Å². The Hall–Kier alpha value is -1.62. The van der Waals surface area contributed by atoms with Gasteiger partial charge in [0.25, 0.3) is 5.91 Å². The van der Waals surface area contributed by atoms with Crippen LogP contribution >= 0.6 is 15.9 Å². The van der Waals surface area contributed by atoms with E-state index in [0.29, 0.717) is 17.9 Å². The van der Waals surface area contributed by atoms with Crippen molar-refractivity contribution in [3.63, 3.8) is 0 Å². The highest BCUT2D eigenvalue weighted by molar-refractivity contribution is 9.10. The minimum absolute atomic E-state index is 0.0619. The number of carbonyl (C=O) groups excluding carboxylic acids is 2. The number of benzene rings is 1. The third-order valence-corrected chi connectivity index (χ3v) is 4.17. The molecule has 0 saturated heterocycles. The maximum Gasteiger partial charge on any atom is 0.264 e. The summed E-state index contributed by atoms with van der Waals surface area (Å²) in [5, 5.41) is 0. The van der Waals surface area contributed by atoms with E-state index in [1.807, 2.05) is 6.92 Å². The van der Waals surface area contributed by atoms with Crippen molar-refractivity contribution >= 4 is 28.1 Å². The third-order valence-electron chi connectivity index (χ3n) is 3.68. The largest absolute Gasteiger partial charge is 0.483 e. The fourth-order valence-electron chi connectivity index (χ4n) is 2.57. The van der Waals surface area contributed by atoms with E-state index in [4.69, 9.17) is 4.74 Å². The van der Waals surface area contributed by atoms with Crippen molar-refractivity contribution in [1.29, 1.82) is 0 Å². The highest BCUT2D eigenvalue weighted by Crippen LogP contribution is 2.23. The summed E-state index contributed by atoms with van der Waals surface area (Å²) in [5.74, 6) is 0.357. The number of allylic oxidation sites excluding steroid dienone is 2. The molecule has 0 aliphatic heterocycles. The van der Waals surface area contributed by atoms with E-state index in [1.54, 1.807) is 23.1 Å². The molecule has 5 heteroatoms. The van der Waals surface area contributed by atoms with E-state index in [0.717, 1.165) is 35.7 Å². The quantitative estimate of drug-likeness (QED) is 0.717. The Bertz CT molecular complexity index is 583. The van der Waals surface area contributed by atoms with Gasteiger partial charge in [0.1, 0.15) is 5.75 Å². The zero-order valence-corrected chi connectivity index (χ0v) is 14.3. The van der Waals surface area contributed by atoms with Gasteiger partial charge in [-0.2, -0.15) is 0 Å². The molecule has 0 atom stereocenters. The van der Waals surface area contributed by atoms with Crippen molar-refractivity contribution in [2.24, 2.45) is 0 Å². The summed E-state index contributed by atoms with van der Waals surface area (Å²) in [7, 11) is 0. The van der Waals surface area contributed by atoms with Crippen LogP contribution < -0.4 is 4.74 Å². The smallest absolute Gasteiger partial charge is 0.264 e. The number of likely N-dealkylation sites (N-methyl/N-ethyl adjacent to an activating group) is 1. The summed E-state index contributed by atoms with van der Waals surface area (Å²) < 4.78 is 6.35. The van der Waals surface area contributed by atoms with Crippen molar-refractivity contribution in [2.45, 2.75) is 32.6 Å². The number of hydrogen-bond acceptors (Lipinski definition) is 3. The number of aldehydes is 1. The van der Waals surface area contributed by atoms with E-state index >= 15 is 0 Å². The molecule has 0 saturated carbocycles. The molecule has 2 rings (SSSR count). The zero-order chi connectivity index (χ0) is 15.9. The Morgan fingerprint density at radius 2 is 2.23 bits per heavy atom. The minimum atomic E-state index is -0.0737. The van der Waals surface area contributed by atoms with Gasteiger partial charge in [-0.05, 0) is 50.8 Å². The molecule has 0 aromatic heterocycles. The van der Waals surface area contributed by atoms with Crippen LogP contribution in [-0.2, 0) is 4.79 Å². The van der Waals surface area contributed by atoms with Crippen LogP contribution in [0.25, 0.3) is 0 Å². The van der Waals surface area contributed by atoms with Crippen molar-refractivity contribution < 1.29 is 14.3 Å². The summed E-state index contributed by atoms with van der Waals surface area (Å²) in [5.41, 5.74) is 1.52. The Balaban J connectivity index is 2.02. The Morgan fingerprint density at radius 3 is 2.86 bits per heavy atom. The molecule has 0 spiro atoms. The Morgan fingerprint density at radius 1 is 1.41 bits per heavy atom. The first-order valence-electron chi connectivity index (χ1n) is 7.52. The molecule has 0 N–H and O–H groups in total. The second-order valence-corrected chi connectivity index (χ2v) is 6.08. The van der Waals surface area contributed by atoms with Crippen LogP contribution in [-0.4, -0.2) is 30.2 Å². The van der Waals surface area contributed by atoms with Gasteiger partial charge in [-0.3, -0.25) is 9.59 Å². The summed E-state index contributed by atoms with van der Waals surface area (Å²) in [6.45, 7) is 2.53. The highest BCUT2D eigenvalue weighted by atomic mass is 79.9. The molecule has 1 aromatic rings. The molecule has 1 amide bonds. The average molecular weight is 366 g/mol. The van der Waals surface area contributed by atoms with E-state index in [9.17, 15) is 9.59 Å². The fourth-order valence-corrected chi connectivity index (χ4v) is 2.95. The number of halogens is 1. The number of ether oxygens (including phenoxy) is 1. The molecule has 1 aromatic carbocycles. The standard InChI is InChI=1S/C17H20BrNO3/c1-2-19(15-6-4-3-5-7-15)17(21)12-22-16-9-8-14(18)10-13(16)11-20/h6,8-11H,2-5,7,12H2,1H3. The lowest BCUT2D eigenvalue weighted by Gasteiger charge is -2.26. The SMILES string of the molecule is CCN(C(=O)COc1ccc(Br)cc1C=O)C1=CCCCC1. The fraction of sp³-hybridized carbons (Fsp3) is 0.412. The predicted molar refractivity (Wildman–Crippen MR) is 89.0 cm³/mol. The maximum atomic E-state index is 12.4. The van der Waals surface area contributed by atoms with Gasteiger partial charge in [0.15, 0.2) is 12.9 Å². The first-order chi connectivity index (χ1) is 10.7. The summed E-state index contributed by atoms with van der Waals surface area (Å²) in [4.78, 5) is 25.2. The van der Waals surface area contributed by atoms with Gasteiger partial charge >= 0.3 is 0 Å². The Kier molecular flexibility index (Phi) is 6.19. The molecular weight excluding hydrogens is 346 g/mol. The number of rotatable bonds is 6. The van der Waals surface area contributed by atoms with Gasteiger partial charge in [0.05, 0.1) is 5.56 Å². The third kappa shape index (κ3) is 4.19. The van der Waals surface area contributed by atoms with Crippen LogP contribution in [0.2, 0.25) is 0 Å². The monoisotopic (exact) mass is 365 g/mol. The van der Waals surface area contributed by atoms with Crippen LogP contribution in [0, 0.1) is 0 Å². The lowest BCUT2D eigenvalue weighted by Crippen LogP contribution is -2.34. The second-order valence-electron chi connectivity index (χ2n) is 5.17. The molecule has 118 valence electrons. The van der Waals surface area contributed by atoms with Gasteiger partial charge in [0, 0.05) is 16.7 Å². The number of hydrogen-bond donors (Lipinski definition) is 0. The first kappa shape index (κ1) is 16.7. The van der Waals surface area contributed by atoms with Gasteiger partial charge in [-0.15, -0.1) is 0 Å². The summed E-state index contributed by atoms with van der Waals surface area (Å²) in [6.07, 6.45) is 7.15. The molecule has 22 heavy (non-hydrogen) atoms. The molecule has 0 fully saturated rings. The molecule has 0 radical (unpaired) electrons. The van der Waals surface area contributed by atoms with Crippen LogP contribution in [0.4, 0.5) is 0 Å². The molecule has 0 unspecified atom stereocenters. The second kappa shape index (κ2) is 8.13. The normalized spacial score (nSPS) is 14.2. The van der Waals surface area contributed by atoms with Crippen LogP contribution in [0.5, 0.6) is 5.75 Å². The van der Waals surface area contributed by atoms with Crippen LogP contribution in [0.1, 0.15) is 43.0 Å². The number of carbonyl (C=O) groups is 2. The molecule has 1 aliphatic carbocycles. The molecule has 0 bridgehead atoms. The lowest BCUT2D eigenvalue weighted by atomic mass is 10.0. The molecule has 4 nitrogen and oxygen atoms in total. The number of nitrogens with zero attached hydrogens (tertiary/aromatic N) is 1. The van der Waals surface area contributed by atoms with Gasteiger partial charge in [0.2, 0.25) is 0 Å². The van der Waals surface area contributed by atoms with E-state index in [2.05, 4.69) is 22.0 Å². The molecule has 0 heterocycles. The maximum absolute atomic E-state index is 12.4. The van der Waals surface area contributed by atoms with Crippen molar-refractivity contribution in [2.75, 3.05) is 13.2 Å². The van der Waals surface area contributed by atoms with Crippen molar-refractivity contribution in [3.8, 4) is 5.75 Å². The first-order valence-corrected chi connectivity index (χ1v) is 8.32. The molecule has 1 aliphatic rings. The van der Waals surface area contributed by atoms with Crippen molar-refractivity contribution in [1.82, 2.24) is 4.90 Å². The van der Waals surface area contributed by atoms with Crippen LogP contribution in [0.3, 0.4) is 0 Å². The van der Waals surface area contributed by atoms with Crippen LogP contribution in [0.15, 0.2) is 34.4 Å². The Labute approximate surface area is 139 Å². The summed E-state index contributed by atoms with van der Waals surface area (Å²) in [6, 6.07) is 5.15. The summed E-state index contributed by atoms with van der Waals surface area (Å²) >= 11 is 3.31. The average Bonchev–Trinajstić information content (AvgIpc) is 2.55.